The van der Waals surface area contributed by atoms with Crippen LogP contribution in [0.2, 0.25) is 0 Å². The molecule has 3 heteroatoms. The molecule has 1 aromatic heterocycles. The predicted molar refractivity (Wildman–Crippen MR) is 88.9 cm³/mol. The first-order valence-electron chi connectivity index (χ1n) is 7.74. The number of rotatable bonds is 4. The zero-order chi connectivity index (χ0) is 14.6. The molecule has 0 spiro atoms. The second kappa shape index (κ2) is 6.57. The minimum absolute atomic E-state index is 0.192. The Labute approximate surface area is 131 Å². The molecular weight excluding hydrogens is 312 g/mol. The van der Waals surface area contributed by atoms with Crippen molar-refractivity contribution in [3.8, 4) is 0 Å². The Bertz CT molecular complexity index is 414. The Morgan fingerprint density at radius 3 is 2.45 bits per heavy atom. The van der Waals surface area contributed by atoms with Crippen molar-refractivity contribution < 1.29 is 0 Å². The Hall–Kier alpha value is -0.410. The number of hydrogen-bond donors (Lipinski definition) is 1. The molecule has 1 saturated carbocycles. The van der Waals surface area contributed by atoms with E-state index in [0.29, 0.717) is 5.41 Å². The van der Waals surface area contributed by atoms with E-state index < -0.39 is 0 Å². The van der Waals surface area contributed by atoms with E-state index in [9.17, 15) is 0 Å². The lowest BCUT2D eigenvalue weighted by atomic mass is 9.70. The molecular formula is C17H27BrN2. The first-order valence-corrected chi connectivity index (χ1v) is 8.53. The quantitative estimate of drug-likeness (QED) is 0.858. The molecule has 0 radical (unpaired) electrons. The van der Waals surface area contributed by atoms with E-state index in [1.807, 2.05) is 6.20 Å². The van der Waals surface area contributed by atoms with Gasteiger partial charge >= 0.3 is 0 Å². The Morgan fingerprint density at radius 2 is 1.90 bits per heavy atom. The number of nitrogens with one attached hydrogen (secondary N) is 1. The SMILES string of the molecule is CC(C)(C)NCC1(Cc2ccc(Br)cn2)CCCCC1. The summed E-state index contributed by atoms with van der Waals surface area (Å²) in [6.45, 7) is 7.86. The summed E-state index contributed by atoms with van der Waals surface area (Å²) in [5.41, 5.74) is 1.81. The Balaban J connectivity index is 2.08. The molecule has 0 amide bonds. The van der Waals surface area contributed by atoms with Gasteiger partial charge in [-0.25, -0.2) is 0 Å². The summed E-state index contributed by atoms with van der Waals surface area (Å²) >= 11 is 3.47. The second-order valence-electron chi connectivity index (χ2n) is 7.31. The van der Waals surface area contributed by atoms with Gasteiger partial charge < -0.3 is 5.32 Å². The van der Waals surface area contributed by atoms with Gasteiger partial charge in [0.25, 0.3) is 0 Å². The maximum Gasteiger partial charge on any atom is 0.0413 e. The van der Waals surface area contributed by atoms with Gasteiger partial charge in [-0.2, -0.15) is 0 Å². The fourth-order valence-electron chi connectivity index (χ4n) is 3.07. The topological polar surface area (TPSA) is 24.9 Å². The van der Waals surface area contributed by atoms with E-state index in [0.717, 1.165) is 17.4 Å². The lowest BCUT2D eigenvalue weighted by Crippen LogP contribution is -2.45. The molecule has 0 aliphatic heterocycles. The monoisotopic (exact) mass is 338 g/mol. The molecule has 2 rings (SSSR count). The maximum atomic E-state index is 4.59. The van der Waals surface area contributed by atoms with Crippen molar-refractivity contribution in [3.05, 3.63) is 28.5 Å². The normalized spacial score (nSPS) is 19.0. The Kier molecular flexibility index (Phi) is 5.25. The fraction of sp³-hybridized carbons (Fsp3) is 0.706. The molecule has 1 fully saturated rings. The molecule has 0 atom stereocenters. The third kappa shape index (κ3) is 4.85. The summed E-state index contributed by atoms with van der Waals surface area (Å²) in [6.07, 6.45) is 9.80. The van der Waals surface area contributed by atoms with E-state index >= 15 is 0 Å². The van der Waals surface area contributed by atoms with Gasteiger partial charge in [-0.1, -0.05) is 19.3 Å². The van der Waals surface area contributed by atoms with Gasteiger partial charge in [0.1, 0.15) is 0 Å². The molecule has 2 nitrogen and oxygen atoms in total. The van der Waals surface area contributed by atoms with Crippen molar-refractivity contribution >= 4 is 15.9 Å². The zero-order valence-electron chi connectivity index (χ0n) is 13.0. The first-order chi connectivity index (χ1) is 9.39. The highest BCUT2D eigenvalue weighted by Gasteiger charge is 2.33. The minimum Gasteiger partial charge on any atom is -0.312 e. The summed E-state index contributed by atoms with van der Waals surface area (Å²) in [4.78, 5) is 4.59. The molecule has 0 unspecified atom stereocenters. The molecule has 0 aromatic carbocycles. The smallest absolute Gasteiger partial charge is 0.0413 e. The summed E-state index contributed by atoms with van der Waals surface area (Å²) in [7, 11) is 0. The number of pyridine rings is 1. The highest BCUT2D eigenvalue weighted by atomic mass is 79.9. The molecule has 1 N–H and O–H groups in total. The molecule has 0 saturated heterocycles. The molecule has 1 aromatic rings. The van der Waals surface area contributed by atoms with Crippen LogP contribution < -0.4 is 5.32 Å². The number of aromatic nitrogens is 1. The molecule has 1 heterocycles. The molecule has 1 aliphatic rings. The van der Waals surface area contributed by atoms with Crippen LogP contribution in [0.25, 0.3) is 0 Å². The van der Waals surface area contributed by atoms with Crippen LogP contribution in [0.15, 0.2) is 22.8 Å². The van der Waals surface area contributed by atoms with Crippen LogP contribution in [-0.4, -0.2) is 17.1 Å². The van der Waals surface area contributed by atoms with Gasteiger partial charge in [-0.05, 0) is 73.5 Å². The van der Waals surface area contributed by atoms with Crippen molar-refractivity contribution in [1.82, 2.24) is 10.3 Å². The third-order valence-corrected chi connectivity index (χ3v) is 4.72. The summed E-state index contributed by atoms with van der Waals surface area (Å²) in [6, 6.07) is 4.27. The lowest BCUT2D eigenvalue weighted by molar-refractivity contribution is 0.164. The average Bonchev–Trinajstić information content (AvgIpc) is 2.40. The van der Waals surface area contributed by atoms with Crippen LogP contribution in [0.3, 0.4) is 0 Å². The maximum absolute atomic E-state index is 4.59. The van der Waals surface area contributed by atoms with Crippen LogP contribution in [-0.2, 0) is 6.42 Å². The summed E-state index contributed by atoms with van der Waals surface area (Å²) in [5, 5.41) is 3.73. The van der Waals surface area contributed by atoms with E-state index in [-0.39, 0.29) is 5.54 Å². The van der Waals surface area contributed by atoms with Crippen molar-refractivity contribution in [2.24, 2.45) is 5.41 Å². The molecule has 112 valence electrons. The van der Waals surface area contributed by atoms with Gasteiger partial charge in [0.2, 0.25) is 0 Å². The largest absolute Gasteiger partial charge is 0.312 e. The van der Waals surface area contributed by atoms with Crippen LogP contribution in [0.5, 0.6) is 0 Å². The molecule has 1 aliphatic carbocycles. The molecule has 0 bridgehead atoms. The minimum atomic E-state index is 0.192. The van der Waals surface area contributed by atoms with Crippen molar-refractivity contribution in [2.75, 3.05) is 6.54 Å². The van der Waals surface area contributed by atoms with Crippen LogP contribution in [0.4, 0.5) is 0 Å². The fourth-order valence-corrected chi connectivity index (χ4v) is 3.30. The van der Waals surface area contributed by atoms with E-state index in [1.54, 1.807) is 0 Å². The number of halogens is 1. The van der Waals surface area contributed by atoms with Gasteiger partial charge in [0.05, 0.1) is 0 Å². The second-order valence-corrected chi connectivity index (χ2v) is 8.22. The predicted octanol–water partition coefficient (Wildman–Crippen LogP) is 4.73. The number of hydrogen-bond acceptors (Lipinski definition) is 2. The number of nitrogens with zero attached hydrogens (tertiary/aromatic N) is 1. The first kappa shape index (κ1) is 16.0. The standard InChI is InChI=1S/C17H27BrN2/c1-16(2,3)20-13-17(9-5-4-6-10-17)11-15-8-7-14(18)12-19-15/h7-8,12,20H,4-6,9-11,13H2,1-3H3. The van der Waals surface area contributed by atoms with Crippen LogP contribution in [0, 0.1) is 5.41 Å². The van der Waals surface area contributed by atoms with Gasteiger partial charge in [0.15, 0.2) is 0 Å². The van der Waals surface area contributed by atoms with Crippen molar-refractivity contribution in [3.63, 3.8) is 0 Å². The van der Waals surface area contributed by atoms with Gasteiger partial charge in [-0.15, -0.1) is 0 Å². The van der Waals surface area contributed by atoms with E-state index in [2.05, 4.69) is 59.1 Å². The van der Waals surface area contributed by atoms with Gasteiger partial charge in [-0.3, -0.25) is 4.98 Å². The summed E-state index contributed by atoms with van der Waals surface area (Å²) < 4.78 is 1.06. The third-order valence-electron chi connectivity index (χ3n) is 4.25. The lowest BCUT2D eigenvalue weighted by Gasteiger charge is -2.39. The van der Waals surface area contributed by atoms with E-state index in [4.69, 9.17) is 0 Å². The van der Waals surface area contributed by atoms with Crippen LogP contribution in [0.1, 0.15) is 58.6 Å². The van der Waals surface area contributed by atoms with Gasteiger partial charge in [0, 0.05) is 28.4 Å². The summed E-state index contributed by atoms with van der Waals surface area (Å²) in [5.74, 6) is 0. The van der Waals surface area contributed by atoms with Crippen LogP contribution >= 0.6 is 15.9 Å². The molecule has 20 heavy (non-hydrogen) atoms. The average molecular weight is 339 g/mol. The van der Waals surface area contributed by atoms with Crippen molar-refractivity contribution in [1.29, 1.82) is 0 Å². The highest BCUT2D eigenvalue weighted by molar-refractivity contribution is 9.10. The van der Waals surface area contributed by atoms with Crippen molar-refractivity contribution in [2.45, 2.75) is 64.8 Å². The zero-order valence-corrected chi connectivity index (χ0v) is 14.6. The highest BCUT2D eigenvalue weighted by Crippen LogP contribution is 2.39. The van der Waals surface area contributed by atoms with E-state index in [1.165, 1.54) is 37.8 Å². The Morgan fingerprint density at radius 1 is 1.20 bits per heavy atom.